The summed E-state index contributed by atoms with van der Waals surface area (Å²) in [5, 5.41) is 10.1. The van der Waals surface area contributed by atoms with Crippen molar-refractivity contribution in [3.05, 3.63) is 24.3 Å². The van der Waals surface area contributed by atoms with Gasteiger partial charge < -0.3 is 19.6 Å². The van der Waals surface area contributed by atoms with Gasteiger partial charge in [-0.3, -0.25) is 4.57 Å². The van der Waals surface area contributed by atoms with Gasteiger partial charge in [-0.15, -0.1) is 0 Å². The highest BCUT2D eigenvalue weighted by Crippen LogP contribution is 2.35. The number of hydrogen-bond donors (Lipinski definition) is 1. The third-order valence-electron chi connectivity index (χ3n) is 6.34. The number of morpholine rings is 1. The van der Waals surface area contributed by atoms with Gasteiger partial charge in [0.1, 0.15) is 17.0 Å². The summed E-state index contributed by atoms with van der Waals surface area (Å²) in [6.07, 6.45) is 3.37. The van der Waals surface area contributed by atoms with Gasteiger partial charge in [-0.05, 0) is 38.3 Å². The van der Waals surface area contributed by atoms with Crippen LogP contribution in [0.15, 0.2) is 24.3 Å². The van der Waals surface area contributed by atoms with Crippen LogP contribution in [0.5, 0.6) is 5.75 Å². The van der Waals surface area contributed by atoms with Crippen LogP contribution in [0, 0.1) is 0 Å². The van der Waals surface area contributed by atoms with E-state index in [1.807, 2.05) is 12.1 Å². The van der Waals surface area contributed by atoms with Gasteiger partial charge in [-0.2, -0.15) is 4.98 Å². The first-order valence-corrected chi connectivity index (χ1v) is 11.3. The monoisotopic (exact) mass is 422 g/mol. The molecule has 4 heterocycles. The highest BCUT2D eigenvalue weighted by atomic mass is 16.5. The van der Waals surface area contributed by atoms with Crippen LogP contribution in [0.1, 0.15) is 39.2 Å². The summed E-state index contributed by atoms with van der Waals surface area (Å²) < 4.78 is 7.83. The molecule has 5 rings (SSSR count). The lowest BCUT2D eigenvalue weighted by Gasteiger charge is -2.27. The maximum atomic E-state index is 10.1. The number of nitrogens with zero attached hydrogens (tertiary/aromatic N) is 6. The summed E-state index contributed by atoms with van der Waals surface area (Å²) in [6, 6.07) is 7.52. The fourth-order valence-corrected chi connectivity index (χ4v) is 4.44. The molecule has 1 aromatic carbocycles. The van der Waals surface area contributed by atoms with Crippen molar-refractivity contribution < 1.29 is 9.84 Å². The average molecular weight is 423 g/mol. The Labute approximate surface area is 182 Å². The van der Waals surface area contributed by atoms with Crippen LogP contribution in [0.4, 0.5) is 11.9 Å². The van der Waals surface area contributed by atoms with Gasteiger partial charge in [0.2, 0.25) is 11.9 Å². The zero-order valence-electron chi connectivity index (χ0n) is 18.3. The van der Waals surface area contributed by atoms with Crippen LogP contribution in [0.25, 0.3) is 22.4 Å². The molecular formula is C23H30N6O2. The molecule has 2 aliphatic heterocycles. The number of aromatic hydroxyl groups is 1. The molecule has 2 saturated heterocycles. The first-order valence-electron chi connectivity index (χ1n) is 11.3. The van der Waals surface area contributed by atoms with Crippen molar-refractivity contribution in [2.45, 2.75) is 39.2 Å². The van der Waals surface area contributed by atoms with E-state index in [1.165, 1.54) is 12.8 Å². The number of rotatable bonds is 5. The number of ether oxygens (including phenoxy) is 1. The van der Waals surface area contributed by atoms with Gasteiger partial charge in [0, 0.05) is 37.8 Å². The lowest BCUT2D eigenvalue weighted by molar-refractivity contribution is 0.122. The molecule has 0 radical (unpaired) electrons. The highest BCUT2D eigenvalue weighted by molar-refractivity contribution is 5.90. The van der Waals surface area contributed by atoms with Crippen LogP contribution in [-0.2, 0) is 4.74 Å². The second kappa shape index (κ2) is 8.34. The van der Waals surface area contributed by atoms with E-state index in [-0.39, 0.29) is 11.8 Å². The zero-order valence-corrected chi connectivity index (χ0v) is 18.3. The second-order valence-electron chi connectivity index (χ2n) is 8.43. The van der Waals surface area contributed by atoms with Gasteiger partial charge in [-0.25, -0.2) is 9.97 Å². The van der Waals surface area contributed by atoms with Crippen molar-refractivity contribution in [1.29, 1.82) is 0 Å². The van der Waals surface area contributed by atoms with Crippen LogP contribution in [-0.4, -0.2) is 64.0 Å². The van der Waals surface area contributed by atoms with Crippen molar-refractivity contribution in [2.75, 3.05) is 49.2 Å². The molecule has 2 fully saturated rings. The number of imidazole rings is 1. The van der Waals surface area contributed by atoms with E-state index in [9.17, 15) is 5.11 Å². The molecule has 8 nitrogen and oxygen atoms in total. The minimum Gasteiger partial charge on any atom is -0.508 e. The topological polar surface area (TPSA) is 79.5 Å². The fraction of sp³-hybridized carbons (Fsp3) is 0.522. The first-order chi connectivity index (χ1) is 15.2. The lowest BCUT2D eigenvalue weighted by Crippen LogP contribution is -2.37. The van der Waals surface area contributed by atoms with Crippen LogP contribution in [0.3, 0.4) is 0 Å². The number of benzene rings is 1. The van der Waals surface area contributed by atoms with E-state index < -0.39 is 0 Å². The molecule has 1 atom stereocenters. The Kier molecular flexibility index (Phi) is 5.40. The van der Waals surface area contributed by atoms with Crippen molar-refractivity contribution >= 4 is 23.1 Å². The van der Waals surface area contributed by atoms with E-state index in [4.69, 9.17) is 19.7 Å². The Morgan fingerprint density at radius 3 is 2.52 bits per heavy atom. The standard InChI is InChI=1S/C23H30N6O2/c1-3-16(2)29-21-20(25-23(29)28-9-4-5-10-28)19(17-7-6-8-18(30)15-17)24-22(26-21)27-11-13-31-14-12-27/h6-8,15-16,30H,3-5,9-14H2,1-2H3. The molecule has 0 saturated carbocycles. The number of anilines is 2. The highest BCUT2D eigenvalue weighted by Gasteiger charge is 2.27. The van der Waals surface area contributed by atoms with Crippen LogP contribution >= 0.6 is 0 Å². The van der Waals surface area contributed by atoms with Crippen molar-refractivity contribution in [3.8, 4) is 17.0 Å². The van der Waals surface area contributed by atoms with Gasteiger partial charge in [0.05, 0.1) is 13.2 Å². The molecule has 2 aliphatic rings. The van der Waals surface area contributed by atoms with Crippen molar-refractivity contribution in [2.24, 2.45) is 0 Å². The van der Waals surface area contributed by atoms with E-state index in [0.717, 1.165) is 61.0 Å². The Balaban J connectivity index is 1.76. The molecule has 0 spiro atoms. The minimum atomic E-state index is 0.221. The molecule has 1 unspecified atom stereocenters. The molecule has 164 valence electrons. The summed E-state index contributed by atoms with van der Waals surface area (Å²) in [7, 11) is 0. The molecule has 3 aromatic rings. The van der Waals surface area contributed by atoms with Crippen LogP contribution < -0.4 is 9.80 Å². The molecule has 1 N–H and O–H groups in total. The van der Waals surface area contributed by atoms with Crippen molar-refractivity contribution in [3.63, 3.8) is 0 Å². The predicted molar refractivity (Wildman–Crippen MR) is 122 cm³/mol. The SMILES string of the molecule is CCC(C)n1c(N2CCCC2)nc2c(-c3cccc(O)c3)nc(N3CCOCC3)nc21. The van der Waals surface area contributed by atoms with E-state index in [2.05, 4.69) is 28.2 Å². The zero-order chi connectivity index (χ0) is 21.4. The summed E-state index contributed by atoms with van der Waals surface area (Å²) in [5.41, 5.74) is 3.28. The Bertz CT molecular complexity index is 1070. The van der Waals surface area contributed by atoms with E-state index >= 15 is 0 Å². The molecular weight excluding hydrogens is 392 g/mol. The third-order valence-corrected chi connectivity index (χ3v) is 6.34. The Morgan fingerprint density at radius 2 is 1.81 bits per heavy atom. The maximum Gasteiger partial charge on any atom is 0.228 e. The van der Waals surface area contributed by atoms with E-state index in [0.29, 0.717) is 19.2 Å². The fourth-order valence-electron chi connectivity index (χ4n) is 4.44. The number of fused-ring (bicyclic) bond motifs is 1. The minimum absolute atomic E-state index is 0.221. The summed E-state index contributed by atoms with van der Waals surface area (Å²) in [4.78, 5) is 19.6. The van der Waals surface area contributed by atoms with Gasteiger partial charge in [0.15, 0.2) is 5.65 Å². The smallest absolute Gasteiger partial charge is 0.228 e. The molecule has 31 heavy (non-hydrogen) atoms. The largest absolute Gasteiger partial charge is 0.508 e. The molecule has 0 aliphatic carbocycles. The van der Waals surface area contributed by atoms with Gasteiger partial charge >= 0.3 is 0 Å². The summed E-state index contributed by atoms with van der Waals surface area (Å²) in [5.74, 6) is 1.90. The quantitative estimate of drug-likeness (QED) is 0.673. The molecule has 8 heteroatoms. The predicted octanol–water partition coefficient (Wildman–Crippen LogP) is 3.61. The average Bonchev–Trinajstić information content (AvgIpc) is 3.46. The normalized spacial score (nSPS) is 18.1. The van der Waals surface area contributed by atoms with Gasteiger partial charge in [-0.1, -0.05) is 19.1 Å². The van der Waals surface area contributed by atoms with Crippen LogP contribution in [0.2, 0.25) is 0 Å². The maximum absolute atomic E-state index is 10.1. The first kappa shape index (κ1) is 20.1. The summed E-state index contributed by atoms with van der Waals surface area (Å²) in [6.45, 7) is 9.34. The number of phenolic OH excluding ortho intramolecular Hbond substituents is 1. The third kappa shape index (κ3) is 3.69. The number of aromatic nitrogens is 4. The Hall–Kier alpha value is -2.87. The van der Waals surface area contributed by atoms with Crippen molar-refractivity contribution in [1.82, 2.24) is 19.5 Å². The second-order valence-corrected chi connectivity index (χ2v) is 8.43. The molecule has 0 amide bonds. The number of phenols is 1. The molecule has 2 aromatic heterocycles. The lowest BCUT2D eigenvalue weighted by atomic mass is 10.1. The summed E-state index contributed by atoms with van der Waals surface area (Å²) >= 11 is 0. The number of hydrogen-bond acceptors (Lipinski definition) is 7. The molecule has 0 bridgehead atoms. The van der Waals surface area contributed by atoms with Gasteiger partial charge in [0.25, 0.3) is 0 Å². The Morgan fingerprint density at radius 1 is 1.03 bits per heavy atom. The van der Waals surface area contributed by atoms with E-state index in [1.54, 1.807) is 12.1 Å².